The zero-order valence-electron chi connectivity index (χ0n) is 6.16. The van der Waals surface area contributed by atoms with Crippen molar-refractivity contribution in [3.05, 3.63) is 0 Å². The minimum atomic E-state index is -1.39. The van der Waals surface area contributed by atoms with Gasteiger partial charge in [0.15, 0.2) is 0 Å². The smallest absolute Gasteiger partial charge is 0.314 e. The average Bonchev–Trinajstić information content (AvgIpc) is 1.86. The number of carboxylic acid groups (broad SMARTS) is 1. The second-order valence-corrected chi connectivity index (χ2v) is 2.18. The predicted molar refractivity (Wildman–Crippen MR) is 35.7 cm³/mol. The quantitative estimate of drug-likeness (QED) is 0.426. The van der Waals surface area contributed by atoms with Gasteiger partial charge in [0.05, 0.1) is 13.2 Å². The Balaban J connectivity index is 0. The third-order valence-corrected chi connectivity index (χ3v) is 1.21. The maximum Gasteiger partial charge on any atom is 0.314 e. The van der Waals surface area contributed by atoms with Crippen LogP contribution in [0.4, 0.5) is 0 Å². The summed E-state index contributed by atoms with van der Waals surface area (Å²) in [4.78, 5) is 10.2. The van der Waals surface area contributed by atoms with E-state index in [-0.39, 0.29) is 18.9 Å². The normalized spacial score (nSPS) is 10.3. The molecule has 10 heavy (non-hydrogen) atoms. The Labute approximate surface area is 71.0 Å². The van der Waals surface area contributed by atoms with Crippen molar-refractivity contribution in [2.45, 2.75) is 6.92 Å². The van der Waals surface area contributed by atoms with Crippen LogP contribution in [-0.2, 0) is 4.79 Å². The number of aliphatic hydroxyl groups excluding tert-OH is 2. The van der Waals surface area contributed by atoms with Gasteiger partial charge in [-0.25, -0.2) is 0 Å². The second-order valence-electron chi connectivity index (χ2n) is 2.18. The van der Waals surface area contributed by atoms with E-state index in [4.69, 9.17) is 15.3 Å². The van der Waals surface area contributed by atoms with Gasteiger partial charge in [0.1, 0.15) is 5.41 Å². The topological polar surface area (TPSA) is 77.8 Å². The maximum absolute atomic E-state index is 10.2. The monoisotopic (exact) mass is 141 g/mol. The van der Waals surface area contributed by atoms with Gasteiger partial charge in [0, 0.05) is 18.9 Å². The van der Waals surface area contributed by atoms with Crippen molar-refractivity contribution in [1.82, 2.24) is 0 Å². The molecule has 0 aliphatic heterocycles. The standard InChI is InChI=1S/C5H10O4.Li/c1-5(2-6,3-7)4(8)9;/h6-7H,2-3H2,1H3,(H,8,9);. The van der Waals surface area contributed by atoms with Gasteiger partial charge < -0.3 is 15.3 Å². The fourth-order valence-corrected chi connectivity index (χ4v) is 0.185. The van der Waals surface area contributed by atoms with Gasteiger partial charge in [-0.1, -0.05) is 0 Å². The van der Waals surface area contributed by atoms with Gasteiger partial charge in [-0.05, 0) is 6.92 Å². The van der Waals surface area contributed by atoms with Crippen molar-refractivity contribution in [3.63, 3.8) is 0 Å². The number of hydrogen-bond acceptors (Lipinski definition) is 3. The molecule has 0 bridgehead atoms. The molecule has 4 nitrogen and oxygen atoms in total. The summed E-state index contributed by atoms with van der Waals surface area (Å²) < 4.78 is 0. The van der Waals surface area contributed by atoms with E-state index in [2.05, 4.69) is 0 Å². The first-order valence-corrected chi connectivity index (χ1v) is 2.52. The Hall–Kier alpha value is -0.0126. The fraction of sp³-hybridized carbons (Fsp3) is 0.800. The summed E-state index contributed by atoms with van der Waals surface area (Å²) in [7, 11) is 0. The maximum atomic E-state index is 10.2. The van der Waals surface area contributed by atoms with Crippen LogP contribution in [0, 0.1) is 5.41 Å². The van der Waals surface area contributed by atoms with Crippen molar-refractivity contribution in [2.24, 2.45) is 5.41 Å². The molecule has 0 amide bonds. The number of carbonyl (C=O) groups is 1. The van der Waals surface area contributed by atoms with Gasteiger partial charge in [-0.15, -0.1) is 0 Å². The van der Waals surface area contributed by atoms with E-state index >= 15 is 0 Å². The van der Waals surface area contributed by atoms with Crippen LogP contribution in [0.5, 0.6) is 0 Å². The molecule has 0 rings (SSSR count). The summed E-state index contributed by atoms with van der Waals surface area (Å²) >= 11 is 0. The first-order valence-electron chi connectivity index (χ1n) is 2.52. The van der Waals surface area contributed by atoms with Gasteiger partial charge in [0.2, 0.25) is 0 Å². The summed E-state index contributed by atoms with van der Waals surface area (Å²) in [5, 5.41) is 25.1. The molecule has 0 fully saturated rings. The van der Waals surface area contributed by atoms with Crippen LogP contribution in [0.2, 0.25) is 0 Å². The molecule has 0 unspecified atom stereocenters. The molecule has 0 saturated heterocycles. The fourth-order valence-electron chi connectivity index (χ4n) is 0.185. The van der Waals surface area contributed by atoms with Crippen LogP contribution in [0.15, 0.2) is 0 Å². The molecule has 3 N–H and O–H groups in total. The summed E-state index contributed by atoms with van der Waals surface area (Å²) in [5.74, 6) is -1.19. The van der Waals surface area contributed by atoms with Crippen LogP contribution >= 0.6 is 0 Å². The first-order chi connectivity index (χ1) is 4.06. The molecule has 0 aromatic carbocycles. The second kappa shape index (κ2) is 4.75. The zero-order chi connectivity index (χ0) is 7.49. The summed E-state index contributed by atoms with van der Waals surface area (Å²) in [6.45, 7) is 0.187. The molecular formula is C5H10LiO4. The summed E-state index contributed by atoms with van der Waals surface area (Å²) in [5.41, 5.74) is -1.39. The van der Waals surface area contributed by atoms with Crippen molar-refractivity contribution >= 4 is 24.8 Å². The van der Waals surface area contributed by atoms with Crippen LogP contribution in [0.3, 0.4) is 0 Å². The number of aliphatic hydroxyl groups is 2. The van der Waals surface area contributed by atoms with Crippen molar-refractivity contribution < 1.29 is 20.1 Å². The minimum absolute atomic E-state index is 0. The van der Waals surface area contributed by atoms with Gasteiger partial charge in [-0.2, -0.15) is 0 Å². The molecule has 0 atom stereocenters. The SMILES string of the molecule is CC(CO)(CO)C(=O)O.[Li]. The van der Waals surface area contributed by atoms with Gasteiger partial charge in [-0.3, -0.25) is 4.79 Å². The Morgan fingerprint density at radius 3 is 1.70 bits per heavy atom. The van der Waals surface area contributed by atoms with Crippen LogP contribution in [0.1, 0.15) is 6.92 Å². The third kappa shape index (κ3) is 2.71. The number of hydrogen-bond donors (Lipinski definition) is 3. The summed E-state index contributed by atoms with van der Waals surface area (Å²) in [6.07, 6.45) is 0. The van der Waals surface area contributed by atoms with E-state index in [1.807, 2.05) is 0 Å². The Morgan fingerprint density at radius 2 is 1.70 bits per heavy atom. The average molecular weight is 141 g/mol. The van der Waals surface area contributed by atoms with E-state index in [0.717, 1.165) is 0 Å². The Bertz CT molecular complexity index is 110. The number of rotatable bonds is 3. The third-order valence-electron chi connectivity index (χ3n) is 1.21. The molecule has 0 heterocycles. The molecular weight excluding hydrogens is 131 g/mol. The minimum Gasteiger partial charge on any atom is -0.481 e. The predicted octanol–water partition coefficient (Wildman–Crippen LogP) is -1.32. The molecule has 0 aliphatic rings. The molecule has 0 saturated carbocycles. The van der Waals surface area contributed by atoms with Crippen molar-refractivity contribution in [1.29, 1.82) is 0 Å². The Morgan fingerprint density at radius 1 is 1.40 bits per heavy atom. The van der Waals surface area contributed by atoms with Crippen molar-refractivity contribution in [3.8, 4) is 0 Å². The molecule has 0 aliphatic carbocycles. The molecule has 1 radical (unpaired) electrons. The molecule has 5 heteroatoms. The van der Waals surface area contributed by atoms with E-state index in [9.17, 15) is 4.79 Å². The van der Waals surface area contributed by atoms with Crippen LogP contribution in [0.25, 0.3) is 0 Å². The van der Waals surface area contributed by atoms with E-state index in [1.165, 1.54) is 6.92 Å². The first kappa shape index (κ1) is 12.6. The van der Waals surface area contributed by atoms with Crippen molar-refractivity contribution in [2.75, 3.05) is 13.2 Å². The van der Waals surface area contributed by atoms with Gasteiger partial charge >= 0.3 is 5.97 Å². The molecule has 0 aromatic heterocycles. The van der Waals surface area contributed by atoms with Crippen LogP contribution < -0.4 is 0 Å². The molecule has 0 aromatic rings. The molecule has 55 valence electrons. The number of carboxylic acids is 1. The van der Waals surface area contributed by atoms with E-state index < -0.39 is 24.6 Å². The zero-order valence-corrected chi connectivity index (χ0v) is 6.16. The number of aliphatic carboxylic acids is 1. The van der Waals surface area contributed by atoms with E-state index in [1.54, 1.807) is 0 Å². The largest absolute Gasteiger partial charge is 0.481 e. The van der Waals surface area contributed by atoms with Crippen LogP contribution in [-0.4, -0.2) is 53.4 Å². The molecule has 0 spiro atoms. The van der Waals surface area contributed by atoms with E-state index in [0.29, 0.717) is 0 Å². The summed E-state index contributed by atoms with van der Waals surface area (Å²) in [6, 6.07) is 0. The van der Waals surface area contributed by atoms with Gasteiger partial charge in [0.25, 0.3) is 0 Å². The Kier molecular flexibility index (Phi) is 6.01.